The van der Waals surface area contributed by atoms with Crippen molar-refractivity contribution in [1.82, 2.24) is 12.9 Å². The molecule has 8 nitrogen and oxygen atoms in total. The topological polar surface area (TPSA) is 94.3 Å². The van der Waals surface area contributed by atoms with Crippen molar-refractivity contribution in [2.45, 2.75) is 9.79 Å². The van der Waals surface area contributed by atoms with Crippen LogP contribution in [-0.4, -0.2) is 43.9 Å². The number of hydrogen-bond acceptors (Lipinski definition) is 6. The second kappa shape index (κ2) is 10.1. The molecule has 0 spiro atoms. The smallest absolute Gasteiger partial charge is 0.269 e. The van der Waals surface area contributed by atoms with Gasteiger partial charge in [-0.1, -0.05) is 48.5 Å². The van der Waals surface area contributed by atoms with E-state index >= 15 is 0 Å². The van der Waals surface area contributed by atoms with E-state index in [0.717, 1.165) is 24.8 Å². The van der Waals surface area contributed by atoms with Crippen molar-refractivity contribution in [1.29, 1.82) is 0 Å². The molecular formula is C31H26N4O4S2. The van der Waals surface area contributed by atoms with E-state index in [0.29, 0.717) is 16.5 Å². The lowest BCUT2D eigenvalue weighted by Crippen LogP contribution is -2.12. The Morgan fingerprint density at radius 3 is 1.88 bits per heavy atom. The van der Waals surface area contributed by atoms with Gasteiger partial charge in [-0.25, -0.2) is 29.8 Å². The Bertz CT molecular complexity index is 2080. The second-order valence-electron chi connectivity index (χ2n) is 9.74. The van der Waals surface area contributed by atoms with Crippen molar-refractivity contribution in [2.24, 2.45) is 0 Å². The van der Waals surface area contributed by atoms with Gasteiger partial charge in [-0.3, -0.25) is 0 Å². The minimum Gasteiger partial charge on any atom is -0.378 e. The van der Waals surface area contributed by atoms with E-state index in [9.17, 15) is 16.8 Å². The highest BCUT2D eigenvalue weighted by Gasteiger charge is 2.24. The van der Waals surface area contributed by atoms with Gasteiger partial charge < -0.3 is 4.90 Å². The number of anilines is 1. The van der Waals surface area contributed by atoms with Gasteiger partial charge in [0.15, 0.2) is 5.65 Å². The molecule has 0 aliphatic rings. The first-order chi connectivity index (χ1) is 19.7. The fourth-order valence-corrected chi connectivity index (χ4v) is 7.27. The molecule has 10 heteroatoms. The quantitative estimate of drug-likeness (QED) is 0.239. The van der Waals surface area contributed by atoms with Gasteiger partial charge in [-0.15, -0.1) is 0 Å². The van der Waals surface area contributed by atoms with Crippen LogP contribution < -0.4 is 4.90 Å². The third-order valence-electron chi connectivity index (χ3n) is 6.93. The van der Waals surface area contributed by atoms with Crippen LogP contribution in [0.3, 0.4) is 0 Å². The van der Waals surface area contributed by atoms with E-state index in [1.54, 1.807) is 48.7 Å². The zero-order valence-electron chi connectivity index (χ0n) is 22.3. The molecule has 6 rings (SSSR count). The van der Waals surface area contributed by atoms with Crippen LogP contribution in [0.15, 0.2) is 132 Å². The molecule has 3 heterocycles. The number of fused-ring (bicyclic) bond motifs is 1. The van der Waals surface area contributed by atoms with Crippen molar-refractivity contribution in [2.75, 3.05) is 19.0 Å². The van der Waals surface area contributed by atoms with Crippen LogP contribution in [0.25, 0.3) is 33.3 Å². The van der Waals surface area contributed by atoms with Crippen molar-refractivity contribution in [3.63, 3.8) is 0 Å². The van der Waals surface area contributed by atoms with Crippen LogP contribution in [0.5, 0.6) is 0 Å². The van der Waals surface area contributed by atoms with Gasteiger partial charge in [0, 0.05) is 66.6 Å². The lowest BCUT2D eigenvalue weighted by atomic mass is 10.0. The summed E-state index contributed by atoms with van der Waals surface area (Å²) in [5, 5.41) is 0.577. The molecule has 0 atom stereocenters. The summed E-state index contributed by atoms with van der Waals surface area (Å²) in [7, 11) is -3.89. The molecule has 0 saturated carbocycles. The summed E-state index contributed by atoms with van der Waals surface area (Å²) in [5.41, 5.74) is 4.09. The Kier molecular flexibility index (Phi) is 6.51. The number of hydrogen-bond donors (Lipinski definition) is 0. The Morgan fingerprint density at radius 2 is 1.27 bits per heavy atom. The van der Waals surface area contributed by atoms with Gasteiger partial charge in [0.1, 0.15) is 0 Å². The summed E-state index contributed by atoms with van der Waals surface area (Å²) in [4.78, 5) is 6.89. The normalized spacial score (nSPS) is 12.0. The zero-order valence-corrected chi connectivity index (χ0v) is 23.9. The predicted molar refractivity (Wildman–Crippen MR) is 161 cm³/mol. The molecule has 0 unspecified atom stereocenters. The Hall–Kier alpha value is -4.67. The molecule has 6 aromatic rings. The highest BCUT2D eigenvalue weighted by molar-refractivity contribution is 7.90. The lowest BCUT2D eigenvalue weighted by Gasteiger charge is -2.12. The first-order valence-corrected chi connectivity index (χ1v) is 15.6. The zero-order chi connectivity index (χ0) is 28.8. The van der Waals surface area contributed by atoms with Crippen molar-refractivity contribution >= 4 is 36.8 Å². The fourth-order valence-electron chi connectivity index (χ4n) is 4.71. The number of aromatic nitrogens is 3. The highest BCUT2D eigenvalue weighted by atomic mass is 32.2. The molecule has 0 bridgehead atoms. The van der Waals surface area contributed by atoms with E-state index in [1.807, 2.05) is 49.3 Å². The molecule has 0 saturated heterocycles. The Morgan fingerprint density at radius 1 is 0.659 bits per heavy atom. The maximum atomic E-state index is 13.7. The molecule has 206 valence electrons. The van der Waals surface area contributed by atoms with E-state index in [-0.39, 0.29) is 15.4 Å². The van der Waals surface area contributed by atoms with Gasteiger partial charge in [0.25, 0.3) is 20.0 Å². The number of nitrogens with zero attached hydrogens (tertiary/aromatic N) is 4. The molecule has 0 fully saturated rings. The summed E-state index contributed by atoms with van der Waals surface area (Å²) in [6.07, 6.45) is 6.12. The molecule has 0 amide bonds. The number of benzene rings is 3. The van der Waals surface area contributed by atoms with Crippen LogP contribution in [-0.2, 0) is 20.0 Å². The van der Waals surface area contributed by atoms with Crippen molar-refractivity contribution < 1.29 is 16.8 Å². The van der Waals surface area contributed by atoms with Gasteiger partial charge in [-0.2, -0.15) is 0 Å². The predicted octanol–water partition coefficient (Wildman–Crippen LogP) is 5.71. The van der Waals surface area contributed by atoms with Crippen LogP contribution in [0.4, 0.5) is 5.69 Å². The van der Waals surface area contributed by atoms with Crippen molar-refractivity contribution in [3.05, 3.63) is 122 Å². The molecule has 3 aromatic carbocycles. The third-order valence-corrected chi connectivity index (χ3v) is 10.2. The third kappa shape index (κ3) is 4.71. The van der Waals surface area contributed by atoms with Crippen LogP contribution in [0.2, 0.25) is 0 Å². The maximum Gasteiger partial charge on any atom is 0.269 e. The van der Waals surface area contributed by atoms with Gasteiger partial charge >= 0.3 is 0 Å². The van der Waals surface area contributed by atoms with Crippen LogP contribution in [0.1, 0.15) is 0 Å². The minimum atomic E-state index is -3.99. The highest BCUT2D eigenvalue weighted by Crippen LogP contribution is 2.35. The van der Waals surface area contributed by atoms with Crippen molar-refractivity contribution in [3.8, 4) is 22.3 Å². The summed E-state index contributed by atoms with van der Waals surface area (Å²) in [6, 6.07) is 27.8. The van der Waals surface area contributed by atoms with E-state index in [1.165, 1.54) is 42.9 Å². The molecule has 0 N–H and O–H groups in total. The molecule has 0 aliphatic carbocycles. The van der Waals surface area contributed by atoms with Crippen LogP contribution in [0, 0.1) is 0 Å². The van der Waals surface area contributed by atoms with E-state index in [2.05, 4.69) is 4.98 Å². The largest absolute Gasteiger partial charge is 0.378 e. The van der Waals surface area contributed by atoms with E-state index in [4.69, 9.17) is 0 Å². The minimum absolute atomic E-state index is 0.123. The summed E-state index contributed by atoms with van der Waals surface area (Å²) < 4.78 is 56.2. The summed E-state index contributed by atoms with van der Waals surface area (Å²) in [5.74, 6) is 0. The summed E-state index contributed by atoms with van der Waals surface area (Å²) >= 11 is 0. The Balaban J connectivity index is 1.54. The fraction of sp³-hybridized carbons (Fsp3) is 0.0645. The van der Waals surface area contributed by atoms with Gasteiger partial charge in [0.05, 0.1) is 9.79 Å². The standard InChI is InChI=1S/C31H26N4O4S2/c1-33(2)26-15-13-23(14-16-26)25-19-29-30(24-17-18-34(21-24)40(36,37)27-9-5-3-6-10-27)22-35(31(29)32-20-25)41(38,39)28-11-7-4-8-12-28/h3-22H,1-2H3. The molecule has 0 aliphatic heterocycles. The molecule has 3 aromatic heterocycles. The lowest BCUT2D eigenvalue weighted by molar-refractivity contribution is 0.586. The number of pyridine rings is 1. The average Bonchev–Trinajstić information content (AvgIpc) is 3.64. The van der Waals surface area contributed by atoms with Crippen LogP contribution >= 0.6 is 0 Å². The van der Waals surface area contributed by atoms with E-state index < -0.39 is 20.0 Å². The van der Waals surface area contributed by atoms with Gasteiger partial charge in [0.2, 0.25) is 0 Å². The maximum absolute atomic E-state index is 13.7. The number of rotatable bonds is 7. The second-order valence-corrected chi connectivity index (χ2v) is 13.4. The summed E-state index contributed by atoms with van der Waals surface area (Å²) in [6.45, 7) is 0. The SMILES string of the molecule is CN(C)c1ccc(-c2cnc3c(c2)c(-c2ccn(S(=O)(=O)c4ccccc4)c2)cn3S(=O)(=O)c2ccccc2)cc1. The first kappa shape index (κ1) is 26.5. The molecule has 41 heavy (non-hydrogen) atoms. The van der Waals surface area contributed by atoms with Gasteiger partial charge in [-0.05, 0) is 54.1 Å². The first-order valence-electron chi connectivity index (χ1n) is 12.7. The molecule has 0 radical (unpaired) electrons. The monoisotopic (exact) mass is 582 g/mol. The average molecular weight is 583 g/mol. The molecular weight excluding hydrogens is 556 g/mol. The Labute approximate surface area is 238 Å².